The molecule has 1 aliphatic carbocycles. The number of hydrogen-bond donors (Lipinski definition) is 0. The minimum atomic E-state index is -5.92. The number of esters is 1. The van der Waals surface area contributed by atoms with Crippen molar-refractivity contribution in [2.75, 3.05) is 0 Å². The second kappa shape index (κ2) is 13.0. The Kier molecular flexibility index (Phi) is 10.4. The minimum Gasteiger partial charge on any atom is -0.460 e. The van der Waals surface area contributed by atoms with Crippen LogP contribution in [0.1, 0.15) is 38.3 Å². The fourth-order valence-electron chi connectivity index (χ4n) is 4.20. The number of rotatable bonds is 7. The number of benzene rings is 3. The summed E-state index contributed by atoms with van der Waals surface area (Å²) in [6.45, 7) is 3.64. The van der Waals surface area contributed by atoms with Gasteiger partial charge < -0.3 is 9.47 Å². The molecule has 45 heavy (non-hydrogen) atoms. The maximum absolute atomic E-state index is 13.5. The van der Waals surface area contributed by atoms with Gasteiger partial charge in [-0.2, -0.15) is 26.3 Å². The van der Waals surface area contributed by atoms with Crippen LogP contribution in [0.5, 0.6) is 0 Å². The number of sulfone groups is 1. The van der Waals surface area contributed by atoms with E-state index in [1.165, 1.54) is 18.2 Å². The Balaban J connectivity index is 0.000000251. The molecule has 4 rings (SSSR count). The summed E-state index contributed by atoms with van der Waals surface area (Å²) in [6.07, 6.45) is -11.6. The standard InChI is InChI=1S/C16H10F8O.C14H17FO4S/c17-12-7-4-8-13(18)11(12)9-25-14(15(19,20)21,16(22,23)24)10-5-2-1-3-6-10;1-14(2,3)19-13(16)11-8-12(11)20(17,18)10-6-4-9(15)5-7-10/h1-8H,9H2;4-7,11-12H,8H2,1-3H3/t;11-,12?/m.0/s1. The average molecular weight is 671 g/mol. The fourth-order valence-corrected chi connectivity index (χ4v) is 6.07. The van der Waals surface area contributed by atoms with Crippen molar-refractivity contribution in [1.29, 1.82) is 0 Å². The van der Waals surface area contributed by atoms with Gasteiger partial charge in [0, 0.05) is 11.1 Å². The summed E-state index contributed by atoms with van der Waals surface area (Å²) in [7, 11) is -3.60. The van der Waals surface area contributed by atoms with Gasteiger partial charge >= 0.3 is 18.3 Å². The lowest BCUT2D eigenvalue weighted by Crippen LogP contribution is -2.55. The van der Waals surface area contributed by atoms with Crippen molar-refractivity contribution in [2.24, 2.45) is 5.92 Å². The van der Waals surface area contributed by atoms with E-state index < -0.39 is 85.7 Å². The molecule has 0 amide bonds. The van der Waals surface area contributed by atoms with Crippen LogP contribution in [-0.4, -0.2) is 37.6 Å². The maximum atomic E-state index is 13.5. The largest absolute Gasteiger partial charge is 0.460 e. The van der Waals surface area contributed by atoms with Gasteiger partial charge in [-0.05, 0) is 63.6 Å². The van der Waals surface area contributed by atoms with Crippen LogP contribution in [0.15, 0.2) is 77.7 Å². The zero-order valence-electron chi connectivity index (χ0n) is 23.8. The van der Waals surface area contributed by atoms with Gasteiger partial charge in [0.2, 0.25) is 0 Å². The van der Waals surface area contributed by atoms with Crippen LogP contribution in [0.3, 0.4) is 0 Å². The second-order valence-corrected chi connectivity index (χ2v) is 13.1. The minimum absolute atomic E-state index is 0.0370. The predicted molar refractivity (Wildman–Crippen MR) is 143 cm³/mol. The predicted octanol–water partition coefficient (Wildman–Crippen LogP) is 7.83. The molecule has 0 heterocycles. The lowest BCUT2D eigenvalue weighted by Gasteiger charge is -2.37. The Bertz CT molecular complexity index is 1550. The van der Waals surface area contributed by atoms with Gasteiger partial charge in [0.15, 0.2) is 9.84 Å². The summed E-state index contributed by atoms with van der Waals surface area (Å²) in [6, 6.07) is 11.3. The molecule has 15 heteroatoms. The van der Waals surface area contributed by atoms with Gasteiger partial charge in [-0.15, -0.1) is 0 Å². The molecule has 0 saturated heterocycles. The molecule has 0 radical (unpaired) electrons. The lowest BCUT2D eigenvalue weighted by molar-refractivity contribution is -0.392. The van der Waals surface area contributed by atoms with Gasteiger partial charge in [-0.25, -0.2) is 21.6 Å². The zero-order valence-corrected chi connectivity index (χ0v) is 24.7. The molecule has 3 aromatic rings. The summed E-state index contributed by atoms with van der Waals surface area (Å²) in [4.78, 5) is 11.9. The Morgan fingerprint density at radius 2 is 1.29 bits per heavy atom. The van der Waals surface area contributed by atoms with Crippen molar-refractivity contribution in [3.63, 3.8) is 0 Å². The van der Waals surface area contributed by atoms with Gasteiger partial charge in [0.05, 0.1) is 22.7 Å². The molecule has 1 fully saturated rings. The van der Waals surface area contributed by atoms with Crippen molar-refractivity contribution in [2.45, 2.75) is 67.5 Å². The molecule has 0 bridgehead atoms. The molecule has 1 aliphatic rings. The van der Waals surface area contributed by atoms with Gasteiger partial charge in [-0.3, -0.25) is 4.79 Å². The van der Waals surface area contributed by atoms with Crippen LogP contribution in [-0.2, 0) is 36.3 Å². The van der Waals surface area contributed by atoms with Crippen molar-refractivity contribution in [3.8, 4) is 0 Å². The summed E-state index contributed by atoms with van der Waals surface area (Å²) in [5.41, 5.74) is -7.64. The number of hydrogen-bond acceptors (Lipinski definition) is 5. The van der Waals surface area contributed by atoms with Crippen molar-refractivity contribution in [1.82, 2.24) is 0 Å². The molecule has 2 atom stereocenters. The highest BCUT2D eigenvalue weighted by Gasteiger charge is 2.73. The number of halogens is 9. The molecular weight excluding hydrogens is 643 g/mol. The van der Waals surface area contributed by atoms with Crippen LogP contribution in [0.2, 0.25) is 0 Å². The van der Waals surface area contributed by atoms with E-state index in [1.54, 1.807) is 20.8 Å². The molecule has 3 aromatic carbocycles. The van der Waals surface area contributed by atoms with Crippen LogP contribution >= 0.6 is 0 Å². The van der Waals surface area contributed by atoms with E-state index in [1.807, 2.05) is 0 Å². The molecule has 0 aromatic heterocycles. The summed E-state index contributed by atoms with van der Waals surface area (Å²) in [5, 5.41) is -0.761. The molecule has 0 spiro atoms. The molecule has 246 valence electrons. The number of ether oxygens (including phenoxy) is 2. The summed E-state index contributed by atoms with van der Waals surface area (Å²) in [5.74, 6) is -4.24. The highest BCUT2D eigenvalue weighted by molar-refractivity contribution is 7.92. The quantitative estimate of drug-likeness (QED) is 0.146. The third kappa shape index (κ3) is 8.17. The first-order valence-electron chi connectivity index (χ1n) is 13.1. The third-order valence-corrected chi connectivity index (χ3v) is 8.70. The topological polar surface area (TPSA) is 69.7 Å². The van der Waals surface area contributed by atoms with Crippen molar-refractivity contribution in [3.05, 3.63) is 101 Å². The smallest absolute Gasteiger partial charge is 0.430 e. The highest BCUT2D eigenvalue weighted by atomic mass is 32.2. The second-order valence-electron chi connectivity index (χ2n) is 10.9. The van der Waals surface area contributed by atoms with E-state index in [4.69, 9.17) is 4.74 Å². The van der Waals surface area contributed by atoms with E-state index in [2.05, 4.69) is 4.74 Å². The molecule has 5 nitrogen and oxygen atoms in total. The molecule has 0 aliphatic heterocycles. The number of carbonyl (C=O) groups is 1. The first kappa shape index (κ1) is 35.9. The molecule has 1 saturated carbocycles. The fraction of sp³-hybridized carbons (Fsp3) is 0.367. The zero-order chi connectivity index (χ0) is 34.0. The molecule has 1 unspecified atom stereocenters. The normalized spacial score (nSPS) is 17.2. The van der Waals surface area contributed by atoms with Gasteiger partial charge in [0.25, 0.3) is 5.60 Å². The van der Waals surface area contributed by atoms with Gasteiger partial charge in [0.1, 0.15) is 23.1 Å². The Morgan fingerprint density at radius 1 is 0.778 bits per heavy atom. The Labute approximate surface area is 252 Å². The Morgan fingerprint density at radius 3 is 1.76 bits per heavy atom. The van der Waals surface area contributed by atoms with E-state index >= 15 is 0 Å². The van der Waals surface area contributed by atoms with Crippen LogP contribution in [0.4, 0.5) is 39.5 Å². The number of carbonyl (C=O) groups excluding carboxylic acids is 1. The summed E-state index contributed by atoms with van der Waals surface area (Å²) >= 11 is 0. The van der Waals surface area contributed by atoms with Crippen LogP contribution < -0.4 is 0 Å². The average Bonchev–Trinajstić information content (AvgIpc) is 3.72. The van der Waals surface area contributed by atoms with Crippen LogP contribution in [0, 0.1) is 23.4 Å². The van der Waals surface area contributed by atoms with E-state index in [-0.39, 0.29) is 11.3 Å². The van der Waals surface area contributed by atoms with Crippen LogP contribution in [0.25, 0.3) is 0 Å². The highest BCUT2D eigenvalue weighted by Crippen LogP contribution is 2.53. The van der Waals surface area contributed by atoms with E-state index in [9.17, 15) is 52.7 Å². The third-order valence-electron chi connectivity index (χ3n) is 6.46. The Hall–Kier alpha value is -3.59. The number of alkyl halides is 6. The first-order valence-corrected chi connectivity index (χ1v) is 14.6. The maximum Gasteiger partial charge on any atom is 0.430 e. The SMILES string of the molecule is CC(C)(C)OC(=O)[C@H]1CC1S(=O)(=O)c1ccc(F)cc1.Fc1cccc(F)c1COC(c1ccccc1)(C(F)(F)F)C(F)(F)F. The molecular formula is C30H27F9O5S. The van der Waals surface area contributed by atoms with Crippen molar-refractivity contribution < 1.29 is 62.2 Å². The summed E-state index contributed by atoms with van der Waals surface area (Å²) < 4.78 is 154. The van der Waals surface area contributed by atoms with E-state index in [0.717, 1.165) is 30.3 Å². The first-order chi connectivity index (χ1) is 20.6. The molecule has 0 N–H and O–H groups in total. The lowest BCUT2D eigenvalue weighted by atomic mass is 9.91. The van der Waals surface area contributed by atoms with Crippen molar-refractivity contribution >= 4 is 15.8 Å². The van der Waals surface area contributed by atoms with E-state index in [0.29, 0.717) is 24.3 Å². The monoisotopic (exact) mass is 670 g/mol. The van der Waals surface area contributed by atoms with Gasteiger partial charge in [-0.1, -0.05) is 36.4 Å².